The molecule has 1 aliphatic carbocycles. The van der Waals surface area contributed by atoms with E-state index in [-0.39, 0.29) is 11.6 Å². The maximum Gasteiger partial charge on any atom is 0.319 e. The monoisotopic (exact) mass is 379 g/mol. The number of ether oxygens (including phenoxy) is 1. The highest BCUT2D eigenvalue weighted by Gasteiger charge is 2.31. The Morgan fingerprint density at radius 2 is 2.04 bits per heavy atom. The lowest BCUT2D eigenvalue weighted by molar-refractivity contribution is 0.168. The molecule has 6 heteroatoms. The summed E-state index contributed by atoms with van der Waals surface area (Å²) in [7, 11) is 1.59. The number of nitrogens with one attached hydrogen (secondary N) is 2. The number of likely N-dealkylation sites (tertiary alicyclic amines) is 1. The van der Waals surface area contributed by atoms with Crippen molar-refractivity contribution < 1.29 is 9.53 Å². The van der Waals surface area contributed by atoms with E-state index in [0.29, 0.717) is 29.2 Å². The van der Waals surface area contributed by atoms with Crippen LogP contribution < -0.4 is 15.4 Å². The van der Waals surface area contributed by atoms with Gasteiger partial charge in [0.15, 0.2) is 0 Å². The van der Waals surface area contributed by atoms with Gasteiger partial charge in [0.1, 0.15) is 5.75 Å². The van der Waals surface area contributed by atoms with E-state index in [0.717, 1.165) is 43.6 Å². The minimum absolute atomic E-state index is 0.162. The molecule has 1 aromatic carbocycles. The van der Waals surface area contributed by atoms with Crippen LogP contribution in [0.5, 0.6) is 5.75 Å². The standard InChI is InChI=1S/C20H30ClN3O2/c1-20(2,3)24-8-7-13(12-24)11-22-19(25)23-17-10-18(26-4)16(21)9-15(17)14-5-6-14/h9-10,13-14H,5-8,11-12H2,1-4H3,(H2,22,23,25). The Morgan fingerprint density at radius 3 is 2.62 bits per heavy atom. The number of methoxy groups -OCH3 is 1. The molecule has 0 radical (unpaired) electrons. The van der Waals surface area contributed by atoms with Gasteiger partial charge in [-0.3, -0.25) is 4.90 Å². The first kappa shape index (κ1) is 19.3. The van der Waals surface area contributed by atoms with Gasteiger partial charge in [-0.05, 0) is 70.0 Å². The van der Waals surface area contributed by atoms with Crippen molar-refractivity contribution in [2.24, 2.45) is 5.92 Å². The first-order valence-corrected chi connectivity index (χ1v) is 9.83. The van der Waals surface area contributed by atoms with Gasteiger partial charge in [-0.15, -0.1) is 0 Å². The van der Waals surface area contributed by atoms with Crippen LogP contribution >= 0.6 is 11.6 Å². The Labute approximate surface area is 161 Å². The molecular formula is C20H30ClN3O2. The van der Waals surface area contributed by atoms with Crippen LogP contribution in [0.25, 0.3) is 0 Å². The molecule has 2 fully saturated rings. The number of hydrogen-bond acceptors (Lipinski definition) is 3. The van der Waals surface area contributed by atoms with E-state index in [1.807, 2.05) is 12.1 Å². The fraction of sp³-hybridized carbons (Fsp3) is 0.650. The van der Waals surface area contributed by atoms with Gasteiger partial charge < -0.3 is 15.4 Å². The Kier molecular flexibility index (Phi) is 5.68. The van der Waals surface area contributed by atoms with Crippen LogP contribution in [0.3, 0.4) is 0 Å². The van der Waals surface area contributed by atoms with Crippen LogP contribution in [0, 0.1) is 5.92 Å². The van der Waals surface area contributed by atoms with Gasteiger partial charge >= 0.3 is 6.03 Å². The normalized spacial score (nSPS) is 20.9. The van der Waals surface area contributed by atoms with Crippen LogP contribution in [-0.4, -0.2) is 43.2 Å². The predicted octanol–water partition coefficient (Wildman–Crippen LogP) is 4.47. The molecule has 1 atom stereocenters. The Balaban J connectivity index is 1.57. The first-order chi connectivity index (χ1) is 12.3. The molecule has 0 aromatic heterocycles. The average molecular weight is 380 g/mol. The molecule has 1 saturated heterocycles. The summed E-state index contributed by atoms with van der Waals surface area (Å²) in [5.74, 6) is 1.58. The van der Waals surface area contributed by atoms with Gasteiger partial charge in [0.05, 0.1) is 12.1 Å². The fourth-order valence-corrected chi connectivity index (χ4v) is 3.83. The average Bonchev–Trinajstić information content (AvgIpc) is 3.30. The molecule has 5 nitrogen and oxygen atoms in total. The molecule has 0 bridgehead atoms. The number of halogens is 1. The maximum atomic E-state index is 12.4. The van der Waals surface area contributed by atoms with Crippen molar-refractivity contribution in [1.82, 2.24) is 10.2 Å². The zero-order valence-electron chi connectivity index (χ0n) is 16.2. The number of hydrogen-bond donors (Lipinski definition) is 2. The minimum atomic E-state index is -0.162. The number of anilines is 1. The Hall–Kier alpha value is -1.46. The summed E-state index contributed by atoms with van der Waals surface area (Å²) in [4.78, 5) is 14.9. The second-order valence-electron chi connectivity index (χ2n) is 8.45. The highest BCUT2D eigenvalue weighted by Crippen LogP contribution is 2.46. The van der Waals surface area contributed by atoms with Gasteiger partial charge in [-0.2, -0.15) is 0 Å². The van der Waals surface area contributed by atoms with E-state index < -0.39 is 0 Å². The molecule has 1 heterocycles. The third-order valence-electron chi connectivity index (χ3n) is 5.38. The third-order valence-corrected chi connectivity index (χ3v) is 5.67. The highest BCUT2D eigenvalue weighted by molar-refractivity contribution is 6.32. The lowest BCUT2D eigenvalue weighted by Crippen LogP contribution is -2.40. The highest BCUT2D eigenvalue weighted by atomic mass is 35.5. The lowest BCUT2D eigenvalue weighted by Gasteiger charge is -2.31. The number of carbonyl (C=O) groups excluding carboxylic acids is 1. The number of urea groups is 1. The summed E-state index contributed by atoms with van der Waals surface area (Å²) in [6, 6.07) is 3.59. The van der Waals surface area contributed by atoms with E-state index in [9.17, 15) is 4.79 Å². The summed E-state index contributed by atoms with van der Waals surface area (Å²) >= 11 is 6.25. The van der Waals surface area contributed by atoms with E-state index in [4.69, 9.17) is 16.3 Å². The maximum absolute atomic E-state index is 12.4. The number of rotatable bonds is 5. The molecule has 2 N–H and O–H groups in total. The van der Waals surface area contributed by atoms with Gasteiger partial charge in [-0.1, -0.05) is 11.6 Å². The van der Waals surface area contributed by atoms with Crippen molar-refractivity contribution >= 4 is 23.3 Å². The molecule has 2 amide bonds. The zero-order valence-corrected chi connectivity index (χ0v) is 16.9. The van der Waals surface area contributed by atoms with E-state index in [1.54, 1.807) is 7.11 Å². The second kappa shape index (κ2) is 7.65. The van der Waals surface area contributed by atoms with E-state index in [2.05, 4.69) is 36.3 Å². The molecule has 1 aliphatic heterocycles. The second-order valence-corrected chi connectivity index (χ2v) is 8.86. The number of carbonyl (C=O) groups is 1. The zero-order chi connectivity index (χ0) is 18.9. The number of amides is 2. The summed E-state index contributed by atoms with van der Waals surface area (Å²) < 4.78 is 5.30. The molecule has 1 saturated carbocycles. The first-order valence-electron chi connectivity index (χ1n) is 9.45. The van der Waals surface area contributed by atoms with Crippen molar-refractivity contribution in [2.45, 2.75) is 51.5 Å². The van der Waals surface area contributed by atoms with Crippen LogP contribution in [0.2, 0.25) is 5.02 Å². The summed E-state index contributed by atoms with van der Waals surface area (Å²) in [6.45, 7) is 9.54. The third kappa shape index (κ3) is 4.63. The fourth-order valence-electron chi connectivity index (χ4n) is 3.58. The van der Waals surface area contributed by atoms with Crippen LogP contribution in [0.4, 0.5) is 10.5 Å². The minimum Gasteiger partial charge on any atom is -0.495 e. The lowest BCUT2D eigenvalue weighted by atomic mass is 10.1. The molecule has 3 rings (SSSR count). The Morgan fingerprint density at radius 1 is 1.31 bits per heavy atom. The molecule has 1 unspecified atom stereocenters. The van der Waals surface area contributed by atoms with Crippen molar-refractivity contribution in [1.29, 1.82) is 0 Å². The van der Waals surface area contributed by atoms with Gasteiger partial charge in [0.25, 0.3) is 0 Å². The van der Waals surface area contributed by atoms with E-state index >= 15 is 0 Å². The van der Waals surface area contributed by atoms with Crippen LogP contribution in [0.1, 0.15) is 51.5 Å². The topological polar surface area (TPSA) is 53.6 Å². The number of nitrogens with zero attached hydrogens (tertiary/aromatic N) is 1. The molecule has 26 heavy (non-hydrogen) atoms. The van der Waals surface area contributed by atoms with Crippen LogP contribution in [0.15, 0.2) is 12.1 Å². The van der Waals surface area contributed by atoms with Crippen molar-refractivity contribution in [3.05, 3.63) is 22.7 Å². The number of benzene rings is 1. The summed E-state index contributed by atoms with van der Waals surface area (Å²) in [5.41, 5.74) is 2.09. The Bertz CT molecular complexity index is 668. The van der Waals surface area contributed by atoms with Crippen molar-refractivity contribution in [2.75, 3.05) is 32.1 Å². The molecule has 2 aliphatic rings. The van der Waals surface area contributed by atoms with Crippen LogP contribution in [-0.2, 0) is 0 Å². The quantitative estimate of drug-likeness (QED) is 0.793. The summed E-state index contributed by atoms with van der Waals surface area (Å²) in [5, 5.41) is 6.62. The smallest absolute Gasteiger partial charge is 0.319 e. The largest absolute Gasteiger partial charge is 0.495 e. The summed E-state index contributed by atoms with van der Waals surface area (Å²) in [6.07, 6.45) is 3.41. The van der Waals surface area contributed by atoms with E-state index in [1.165, 1.54) is 0 Å². The SMILES string of the molecule is COc1cc(NC(=O)NCC2CCN(C(C)(C)C)C2)c(C2CC2)cc1Cl. The van der Waals surface area contributed by atoms with Crippen molar-refractivity contribution in [3.8, 4) is 5.75 Å². The predicted molar refractivity (Wildman–Crippen MR) is 106 cm³/mol. The molecule has 144 valence electrons. The van der Waals surface area contributed by atoms with Gasteiger partial charge in [-0.25, -0.2) is 4.79 Å². The van der Waals surface area contributed by atoms with Gasteiger partial charge in [0, 0.05) is 30.4 Å². The molecule has 1 aromatic rings. The van der Waals surface area contributed by atoms with Gasteiger partial charge in [0.2, 0.25) is 0 Å². The molecular weight excluding hydrogens is 350 g/mol. The van der Waals surface area contributed by atoms with Crippen molar-refractivity contribution in [3.63, 3.8) is 0 Å². The molecule has 0 spiro atoms.